The normalized spacial score (nSPS) is 18.5. The van der Waals surface area contributed by atoms with E-state index in [1.807, 2.05) is 30.3 Å². The van der Waals surface area contributed by atoms with E-state index in [4.69, 9.17) is 0 Å². The van der Waals surface area contributed by atoms with Gasteiger partial charge in [0.1, 0.15) is 11.5 Å². The van der Waals surface area contributed by atoms with Crippen molar-refractivity contribution in [3.05, 3.63) is 94.5 Å². The lowest BCUT2D eigenvalue weighted by Crippen LogP contribution is -2.07. The Morgan fingerprint density at radius 3 is 2.24 bits per heavy atom. The molecule has 0 aromatic heterocycles. The molecule has 4 rings (SSSR count). The molecule has 0 fully saturated rings. The molecule has 122 valence electrons. The van der Waals surface area contributed by atoms with Crippen molar-refractivity contribution in [3.8, 4) is 17.6 Å². The summed E-state index contributed by atoms with van der Waals surface area (Å²) in [5.74, 6) is 0.598. The van der Waals surface area contributed by atoms with Crippen LogP contribution < -0.4 is 0 Å². The van der Waals surface area contributed by atoms with Gasteiger partial charge in [-0.2, -0.15) is 5.26 Å². The highest BCUT2D eigenvalue weighted by Gasteiger charge is 2.36. The summed E-state index contributed by atoms with van der Waals surface area (Å²) < 4.78 is 0. The van der Waals surface area contributed by atoms with Crippen LogP contribution in [-0.2, 0) is 6.42 Å². The number of hydrogen-bond acceptors (Lipinski definition) is 3. The molecule has 0 amide bonds. The van der Waals surface area contributed by atoms with Crippen molar-refractivity contribution < 1.29 is 10.2 Å². The molecule has 2 N–H and O–H groups in total. The number of benzene rings is 3. The Morgan fingerprint density at radius 1 is 0.840 bits per heavy atom. The second-order valence-electron chi connectivity index (χ2n) is 6.46. The predicted octanol–water partition coefficient (Wildman–Crippen LogP) is 4.44. The zero-order chi connectivity index (χ0) is 17.4. The van der Waals surface area contributed by atoms with E-state index in [1.165, 1.54) is 0 Å². The minimum atomic E-state index is 0.0694. The first-order valence-corrected chi connectivity index (χ1v) is 8.27. The van der Waals surface area contributed by atoms with Gasteiger partial charge in [0.2, 0.25) is 0 Å². The summed E-state index contributed by atoms with van der Waals surface area (Å²) in [5.41, 5.74) is 4.84. The van der Waals surface area contributed by atoms with Crippen molar-refractivity contribution in [3.63, 3.8) is 0 Å². The standard InChI is InChI=1S/C22H17NO2/c23-13-16-10-18(25)11-21-19(16)12-20(14-6-8-17(24)9-7-14)22(21)15-4-2-1-3-5-15/h1-11,20,22,24-25H,12H2. The molecule has 0 spiro atoms. The Kier molecular flexibility index (Phi) is 3.66. The molecule has 0 bridgehead atoms. The van der Waals surface area contributed by atoms with Gasteiger partial charge in [0.05, 0.1) is 11.6 Å². The van der Waals surface area contributed by atoms with Gasteiger partial charge in [0.25, 0.3) is 0 Å². The fraction of sp³-hybridized carbons (Fsp3) is 0.136. The fourth-order valence-corrected chi connectivity index (χ4v) is 3.94. The molecule has 3 aromatic carbocycles. The molecule has 2 atom stereocenters. The SMILES string of the molecule is N#Cc1cc(O)cc2c1CC(c1ccc(O)cc1)C2c1ccccc1. The maximum Gasteiger partial charge on any atom is 0.117 e. The summed E-state index contributed by atoms with van der Waals surface area (Å²) in [4.78, 5) is 0. The number of phenolic OH excluding ortho intramolecular Hbond substituents is 2. The minimum absolute atomic E-state index is 0.0694. The van der Waals surface area contributed by atoms with Gasteiger partial charge >= 0.3 is 0 Å². The maximum atomic E-state index is 10.1. The summed E-state index contributed by atoms with van der Waals surface area (Å²) in [6.45, 7) is 0. The van der Waals surface area contributed by atoms with Gasteiger partial charge < -0.3 is 10.2 Å². The Hall–Kier alpha value is -3.25. The van der Waals surface area contributed by atoms with Crippen molar-refractivity contribution in [2.45, 2.75) is 18.3 Å². The number of rotatable bonds is 2. The molecular formula is C22H17NO2. The molecule has 0 saturated carbocycles. The molecule has 3 heteroatoms. The second-order valence-corrected chi connectivity index (χ2v) is 6.46. The van der Waals surface area contributed by atoms with Gasteiger partial charge in [0, 0.05) is 5.92 Å². The minimum Gasteiger partial charge on any atom is -0.508 e. The van der Waals surface area contributed by atoms with Gasteiger partial charge in [0.15, 0.2) is 0 Å². The Morgan fingerprint density at radius 2 is 1.56 bits per heavy atom. The second kappa shape index (κ2) is 5.99. The molecule has 3 nitrogen and oxygen atoms in total. The quantitative estimate of drug-likeness (QED) is 0.731. The Balaban J connectivity index is 1.90. The highest BCUT2D eigenvalue weighted by atomic mass is 16.3. The number of nitriles is 1. The molecule has 0 saturated heterocycles. The van der Waals surface area contributed by atoms with Gasteiger partial charge in [-0.3, -0.25) is 0 Å². The van der Waals surface area contributed by atoms with E-state index in [1.54, 1.807) is 24.3 Å². The highest BCUT2D eigenvalue weighted by Crippen LogP contribution is 2.49. The Bertz CT molecular complexity index is 956. The molecular weight excluding hydrogens is 310 g/mol. The molecule has 2 unspecified atom stereocenters. The van der Waals surface area contributed by atoms with Gasteiger partial charge in [-0.1, -0.05) is 42.5 Å². The third-order valence-electron chi connectivity index (χ3n) is 5.03. The van der Waals surface area contributed by atoms with Gasteiger partial charge in [-0.15, -0.1) is 0 Å². The largest absolute Gasteiger partial charge is 0.508 e. The van der Waals surface area contributed by atoms with E-state index >= 15 is 0 Å². The van der Waals surface area contributed by atoms with Crippen LogP contribution in [0.3, 0.4) is 0 Å². The first-order chi connectivity index (χ1) is 12.2. The monoisotopic (exact) mass is 327 g/mol. The van der Waals surface area contributed by atoms with Crippen molar-refractivity contribution in [1.29, 1.82) is 5.26 Å². The summed E-state index contributed by atoms with van der Waals surface area (Å²) in [6, 6.07) is 23.0. The van der Waals surface area contributed by atoms with Crippen LogP contribution in [0.2, 0.25) is 0 Å². The summed E-state index contributed by atoms with van der Waals surface area (Å²) in [5, 5.41) is 29.2. The lowest BCUT2D eigenvalue weighted by atomic mass is 9.82. The average Bonchev–Trinajstić information content (AvgIpc) is 3.01. The summed E-state index contributed by atoms with van der Waals surface area (Å²) >= 11 is 0. The van der Waals surface area contributed by atoms with E-state index < -0.39 is 0 Å². The van der Waals surface area contributed by atoms with Crippen molar-refractivity contribution >= 4 is 0 Å². The predicted molar refractivity (Wildman–Crippen MR) is 95.7 cm³/mol. The van der Waals surface area contributed by atoms with Crippen LogP contribution in [-0.4, -0.2) is 10.2 Å². The Labute approximate surface area is 146 Å². The molecule has 1 aliphatic rings. The number of hydrogen-bond donors (Lipinski definition) is 2. The highest BCUT2D eigenvalue weighted by molar-refractivity contribution is 5.57. The fourth-order valence-electron chi connectivity index (χ4n) is 3.94. The third-order valence-corrected chi connectivity index (χ3v) is 5.03. The van der Waals surface area contributed by atoms with Crippen LogP contribution in [0.15, 0.2) is 66.7 Å². The molecule has 0 heterocycles. The van der Waals surface area contributed by atoms with Crippen molar-refractivity contribution in [2.75, 3.05) is 0 Å². The van der Waals surface area contributed by atoms with Crippen LogP contribution in [0, 0.1) is 11.3 Å². The maximum absolute atomic E-state index is 10.1. The first-order valence-electron chi connectivity index (χ1n) is 8.27. The number of nitrogens with zero attached hydrogens (tertiary/aromatic N) is 1. The molecule has 25 heavy (non-hydrogen) atoms. The van der Waals surface area contributed by atoms with E-state index in [-0.39, 0.29) is 23.3 Å². The molecule has 0 aliphatic heterocycles. The van der Waals surface area contributed by atoms with E-state index in [0.717, 1.165) is 28.7 Å². The summed E-state index contributed by atoms with van der Waals surface area (Å²) in [7, 11) is 0. The molecule has 0 radical (unpaired) electrons. The smallest absolute Gasteiger partial charge is 0.117 e. The van der Waals surface area contributed by atoms with Crippen molar-refractivity contribution in [2.24, 2.45) is 0 Å². The first kappa shape index (κ1) is 15.3. The van der Waals surface area contributed by atoms with Crippen LogP contribution in [0.25, 0.3) is 0 Å². The molecule has 1 aliphatic carbocycles. The molecule has 3 aromatic rings. The van der Waals surface area contributed by atoms with E-state index in [2.05, 4.69) is 18.2 Å². The van der Waals surface area contributed by atoms with Crippen molar-refractivity contribution in [1.82, 2.24) is 0 Å². The number of phenols is 2. The topological polar surface area (TPSA) is 64.2 Å². The zero-order valence-electron chi connectivity index (χ0n) is 13.6. The average molecular weight is 327 g/mol. The van der Waals surface area contributed by atoms with Gasteiger partial charge in [-0.25, -0.2) is 0 Å². The zero-order valence-corrected chi connectivity index (χ0v) is 13.6. The third kappa shape index (κ3) is 2.62. The van der Waals surface area contributed by atoms with Crippen LogP contribution in [0.4, 0.5) is 0 Å². The number of fused-ring (bicyclic) bond motifs is 1. The van der Waals surface area contributed by atoms with Gasteiger partial charge in [-0.05, 0) is 58.9 Å². The van der Waals surface area contributed by atoms with Crippen LogP contribution in [0.5, 0.6) is 11.5 Å². The van der Waals surface area contributed by atoms with Crippen LogP contribution >= 0.6 is 0 Å². The lowest BCUT2D eigenvalue weighted by molar-refractivity contribution is 0.474. The van der Waals surface area contributed by atoms with E-state index in [9.17, 15) is 15.5 Å². The lowest BCUT2D eigenvalue weighted by Gasteiger charge is -2.22. The van der Waals surface area contributed by atoms with E-state index in [0.29, 0.717) is 5.56 Å². The summed E-state index contributed by atoms with van der Waals surface area (Å²) in [6.07, 6.45) is 0.739. The van der Waals surface area contributed by atoms with Crippen LogP contribution in [0.1, 0.15) is 39.7 Å². The number of aromatic hydroxyl groups is 2.